The number of methoxy groups -OCH3 is 2. The number of amides is 1. The van der Waals surface area contributed by atoms with Gasteiger partial charge in [0.2, 0.25) is 0 Å². The molecule has 0 aliphatic heterocycles. The zero-order chi connectivity index (χ0) is 20.6. The van der Waals surface area contributed by atoms with Gasteiger partial charge in [0.05, 0.1) is 14.2 Å². The maximum absolute atomic E-state index is 12.1. The van der Waals surface area contributed by atoms with Crippen LogP contribution in [0.4, 0.5) is 17.1 Å². The van der Waals surface area contributed by atoms with Crippen LogP contribution in [0.2, 0.25) is 0 Å². The highest BCUT2D eigenvalue weighted by molar-refractivity contribution is 5.92. The third-order valence-corrected chi connectivity index (χ3v) is 4.23. The summed E-state index contributed by atoms with van der Waals surface area (Å²) >= 11 is 0. The van der Waals surface area contributed by atoms with Crippen molar-refractivity contribution < 1.29 is 19.0 Å². The van der Waals surface area contributed by atoms with Crippen LogP contribution in [0, 0.1) is 6.92 Å². The van der Waals surface area contributed by atoms with E-state index in [0.717, 1.165) is 16.9 Å². The smallest absolute Gasteiger partial charge is 0.262 e. The van der Waals surface area contributed by atoms with E-state index in [1.54, 1.807) is 14.2 Å². The molecule has 3 aromatic rings. The molecule has 2 N–H and O–H groups in total. The number of carbonyl (C=O) groups is 1. The molecule has 0 aliphatic rings. The lowest BCUT2D eigenvalue weighted by Gasteiger charge is -2.12. The second-order valence-corrected chi connectivity index (χ2v) is 6.42. The van der Waals surface area contributed by atoms with E-state index in [2.05, 4.69) is 10.6 Å². The summed E-state index contributed by atoms with van der Waals surface area (Å²) in [6.07, 6.45) is 0. The van der Waals surface area contributed by atoms with Crippen LogP contribution in [0.25, 0.3) is 0 Å². The second kappa shape index (κ2) is 9.50. The summed E-state index contributed by atoms with van der Waals surface area (Å²) < 4.78 is 16.0. The van der Waals surface area contributed by atoms with Gasteiger partial charge >= 0.3 is 0 Å². The van der Waals surface area contributed by atoms with Gasteiger partial charge in [-0.15, -0.1) is 0 Å². The molecule has 0 bridgehead atoms. The van der Waals surface area contributed by atoms with E-state index >= 15 is 0 Å². The maximum Gasteiger partial charge on any atom is 0.262 e. The van der Waals surface area contributed by atoms with Crippen LogP contribution < -0.4 is 24.8 Å². The fourth-order valence-corrected chi connectivity index (χ4v) is 2.70. The molecular weight excluding hydrogens is 368 g/mol. The molecule has 0 saturated carbocycles. The Bertz CT molecular complexity index is 954. The molecule has 0 aromatic heterocycles. The van der Waals surface area contributed by atoms with Crippen LogP contribution in [0.3, 0.4) is 0 Å². The fraction of sp³-hybridized carbons (Fsp3) is 0.174. The van der Waals surface area contributed by atoms with Crippen LogP contribution in [0.1, 0.15) is 5.56 Å². The van der Waals surface area contributed by atoms with Crippen LogP contribution >= 0.6 is 0 Å². The van der Waals surface area contributed by atoms with E-state index in [4.69, 9.17) is 14.2 Å². The topological polar surface area (TPSA) is 68.8 Å². The molecule has 0 fully saturated rings. The minimum atomic E-state index is -0.217. The lowest BCUT2D eigenvalue weighted by atomic mass is 10.2. The highest BCUT2D eigenvalue weighted by atomic mass is 16.5. The van der Waals surface area contributed by atoms with Crippen molar-refractivity contribution in [2.24, 2.45) is 0 Å². The van der Waals surface area contributed by atoms with Gasteiger partial charge in [-0.2, -0.15) is 0 Å². The first kappa shape index (κ1) is 20.1. The minimum absolute atomic E-state index is 0.0469. The molecule has 0 unspecified atom stereocenters. The van der Waals surface area contributed by atoms with Crippen molar-refractivity contribution in [2.45, 2.75) is 6.92 Å². The van der Waals surface area contributed by atoms with Crippen molar-refractivity contribution in [3.63, 3.8) is 0 Å². The van der Waals surface area contributed by atoms with Crippen molar-refractivity contribution in [1.29, 1.82) is 0 Å². The summed E-state index contributed by atoms with van der Waals surface area (Å²) in [5.74, 6) is 1.77. The minimum Gasteiger partial charge on any atom is -0.493 e. The quantitative estimate of drug-likeness (QED) is 0.578. The number of hydrogen-bond acceptors (Lipinski definition) is 5. The van der Waals surface area contributed by atoms with Gasteiger partial charge in [-0.25, -0.2) is 0 Å². The Morgan fingerprint density at radius 3 is 2.07 bits per heavy atom. The zero-order valence-electron chi connectivity index (χ0n) is 16.7. The molecule has 3 rings (SSSR count). The zero-order valence-corrected chi connectivity index (χ0v) is 16.7. The standard InChI is InChI=1S/C23H24N2O4/c1-16-4-11-20(12-5-16)29-15-23(26)25-18-8-6-17(7-9-18)24-19-10-13-21(27-2)22(14-19)28-3/h4-14,24H,15H2,1-3H3,(H,25,26). The highest BCUT2D eigenvalue weighted by Gasteiger charge is 2.06. The molecule has 6 heteroatoms. The Labute approximate surface area is 170 Å². The SMILES string of the molecule is COc1ccc(Nc2ccc(NC(=O)COc3ccc(C)cc3)cc2)cc1OC. The molecule has 0 atom stereocenters. The van der Waals surface area contributed by atoms with Crippen molar-refractivity contribution in [3.8, 4) is 17.2 Å². The third-order valence-electron chi connectivity index (χ3n) is 4.23. The average molecular weight is 392 g/mol. The number of carbonyl (C=O) groups excluding carboxylic acids is 1. The third kappa shape index (κ3) is 5.65. The Hall–Kier alpha value is -3.67. The van der Waals surface area contributed by atoms with Gasteiger partial charge in [0, 0.05) is 23.1 Å². The van der Waals surface area contributed by atoms with Gasteiger partial charge < -0.3 is 24.8 Å². The summed E-state index contributed by atoms with van der Waals surface area (Å²) in [6, 6.07) is 20.6. The molecule has 150 valence electrons. The van der Waals surface area contributed by atoms with E-state index in [1.165, 1.54) is 0 Å². The molecule has 6 nitrogen and oxygen atoms in total. The lowest BCUT2D eigenvalue weighted by molar-refractivity contribution is -0.118. The highest BCUT2D eigenvalue weighted by Crippen LogP contribution is 2.31. The van der Waals surface area contributed by atoms with Crippen LogP contribution in [0.15, 0.2) is 66.7 Å². The normalized spacial score (nSPS) is 10.2. The van der Waals surface area contributed by atoms with Crippen molar-refractivity contribution in [1.82, 2.24) is 0 Å². The molecule has 0 spiro atoms. The Kier molecular flexibility index (Phi) is 6.58. The van der Waals surface area contributed by atoms with E-state index in [0.29, 0.717) is 22.9 Å². The first-order valence-corrected chi connectivity index (χ1v) is 9.16. The van der Waals surface area contributed by atoms with E-state index in [1.807, 2.05) is 73.7 Å². The van der Waals surface area contributed by atoms with Gasteiger partial charge in [0.25, 0.3) is 5.91 Å². The van der Waals surface area contributed by atoms with E-state index in [-0.39, 0.29) is 12.5 Å². The van der Waals surface area contributed by atoms with Crippen molar-refractivity contribution in [2.75, 3.05) is 31.5 Å². The first-order valence-electron chi connectivity index (χ1n) is 9.16. The van der Waals surface area contributed by atoms with E-state index in [9.17, 15) is 4.79 Å². The number of aryl methyl sites for hydroxylation is 1. The number of hydrogen-bond donors (Lipinski definition) is 2. The predicted molar refractivity (Wildman–Crippen MR) is 115 cm³/mol. The van der Waals surface area contributed by atoms with Crippen molar-refractivity contribution >= 4 is 23.0 Å². The second-order valence-electron chi connectivity index (χ2n) is 6.42. The summed E-state index contributed by atoms with van der Waals surface area (Å²) in [5, 5.41) is 6.11. The van der Waals surface area contributed by atoms with Gasteiger partial charge in [-0.1, -0.05) is 17.7 Å². The average Bonchev–Trinajstić information content (AvgIpc) is 2.74. The van der Waals surface area contributed by atoms with Gasteiger partial charge in [0.15, 0.2) is 18.1 Å². The number of anilines is 3. The fourth-order valence-electron chi connectivity index (χ4n) is 2.70. The summed E-state index contributed by atoms with van der Waals surface area (Å²) in [5.41, 5.74) is 3.58. The molecule has 29 heavy (non-hydrogen) atoms. The maximum atomic E-state index is 12.1. The predicted octanol–water partition coefficient (Wildman–Crippen LogP) is 4.77. The molecule has 0 radical (unpaired) electrons. The van der Waals surface area contributed by atoms with Gasteiger partial charge in [-0.05, 0) is 55.5 Å². The summed E-state index contributed by atoms with van der Waals surface area (Å²) in [4.78, 5) is 12.1. The summed E-state index contributed by atoms with van der Waals surface area (Å²) in [6.45, 7) is 1.95. The van der Waals surface area contributed by atoms with Gasteiger partial charge in [0.1, 0.15) is 5.75 Å². The Morgan fingerprint density at radius 2 is 1.41 bits per heavy atom. The number of benzene rings is 3. The molecule has 0 aliphatic carbocycles. The largest absolute Gasteiger partial charge is 0.493 e. The first-order chi connectivity index (χ1) is 14.1. The van der Waals surface area contributed by atoms with Crippen LogP contribution in [0.5, 0.6) is 17.2 Å². The Morgan fingerprint density at radius 1 is 0.793 bits per heavy atom. The lowest BCUT2D eigenvalue weighted by Crippen LogP contribution is -2.20. The molecule has 3 aromatic carbocycles. The monoisotopic (exact) mass is 392 g/mol. The molecule has 0 saturated heterocycles. The number of rotatable bonds is 8. The van der Waals surface area contributed by atoms with E-state index < -0.39 is 0 Å². The number of nitrogens with one attached hydrogen (secondary N) is 2. The van der Waals surface area contributed by atoms with Gasteiger partial charge in [-0.3, -0.25) is 4.79 Å². The molecular formula is C23H24N2O4. The Balaban J connectivity index is 1.54. The summed E-state index contributed by atoms with van der Waals surface area (Å²) in [7, 11) is 3.20. The molecule has 0 heterocycles. The van der Waals surface area contributed by atoms with Crippen LogP contribution in [-0.4, -0.2) is 26.7 Å². The van der Waals surface area contributed by atoms with Crippen molar-refractivity contribution in [3.05, 3.63) is 72.3 Å². The van der Waals surface area contributed by atoms with Crippen LogP contribution in [-0.2, 0) is 4.79 Å². The molecule has 1 amide bonds. The number of ether oxygens (including phenoxy) is 3.